The van der Waals surface area contributed by atoms with E-state index >= 15 is 0 Å². The molecule has 0 N–H and O–H groups in total. The molecule has 6 nitrogen and oxygen atoms in total. The van der Waals surface area contributed by atoms with Crippen LogP contribution in [0.5, 0.6) is 0 Å². The molecule has 37 heavy (non-hydrogen) atoms. The number of alkyl halides is 3. The zero-order chi connectivity index (χ0) is 27.2. The van der Waals surface area contributed by atoms with E-state index in [0.29, 0.717) is 22.3 Å². The van der Waals surface area contributed by atoms with Gasteiger partial charge in [-0.2, -0.15) is 18.3 Å². The molecule has 3 radical (unpaired) electrons. The van der Waals surface area contributed by atoms with Crippen LogP contribution in [-0.4, -0.2) is 75.5 Å². The number of carbonyl (C=O) groups excluding carboxylic acids is 1. The summed E-state index contributed by atoms with van der Waals surface area (Å²) in [4.78, 5) is 18.1. The molecule has 1 unspecified atom stereocenters. The van der Waals surface area contributed by atoms with Gasteiger partial charge in [0, 0.05) is 18.3 Å². The molecular weight excluding hydrogens is 695 g/mol. The normalized spacial score (nSPS) is 14.2. The number of aromatic nitrogens is 2. The predicted molar refractivity (Wildman–Crippen MR) is 139 cm³/mol. The quantitative estimate of drug-likeness (QED) is 0.283. The van der Waals surface area contributed by atoms with Crippen LogP contribution < -0.4 is 0 Å². The number of likely N-dealkylation sites (N-methyl/N-ethyl adjacent to an activating group) is 1. The molecule has 1 aliphatic rings. The van der Waals surface area contributed by atoms with Crippen LogP contribution in [0.3, 0.4) is 0 Å². The summed E-state index contributed by atoms with van der Waals surface area (Å²) in [5, 5.41) is 12.5. The van der Waals surface area contributed by atoms with Crippen LogP contribution in [-0.2, 0) is 30.5 Å². The third-order valence-corrected chi connectivity index (χ3v) is 9.54. The Morgan fingerprint density at radius 3 is 2.62 bits per heavy atom. The first-order chi connectivity index (χ1) is 17.5. The molecule has 0 spiro atoms. The zero-order valence-electron chi connectivity index (χ0n) is 20.8. The Hall–Kier alpha value is -2.50. The summed E-state index contributed by atoms with van der Waals surface area (Å²) in [6.07, 6.45) is 1.54. The molecule has 3 aromatic rings. The molecule has 0 bridgehead atoms. The molecule has 11 heteroatoms. The number of nitrogens with zero attached hydrogens (tertiary/aromatic N) is 5. The van der Waals surface area contributed by atoms with Gasteiger partial charge in [0.25, 0.3) is 0 Å². The van der Waals surface area contributed by atoms with Crippen LogP contribution in [0.1, 0.15) is 27.9 Å². The number of carbonyl (C=O) groups is 1. The number of hydrogen-bond donors (Lipinski definition) is 0. The number of thiophene rings is 1. The molecular formula is C26H27F3N5OPbS. The molecule has 0 aliphatic carbocycles. The van der Waals surface area contributed by atoms with Gasteiger partial charge in [0.2, 0.25) is 0 Å². The number of halogens is 3. The van der Waals surface area contributed by atoms with Gasteiger partial charge in [-0.05, 0) is 12.5 Å². The SMILES string of the molecule is CCn1cc(-c2ccccc2)c(C(F)(F)F)n1.CN(C)[CH]([Pb])/C=C/C(=O)N1CCc2cc(C#N)sc2C1. The zero-order valence-corrected chi connectivity index (χ0v) is 25.5. The van der Waals surface area contributed by atoms with Crippen molar-refractivity contribution in [2.75, 3.05) is 20.6 Å². The van der Waals surface area contributed by atoms with Crippen molar-refractivity contribution < 1.29 is 18.0 Å². The van der Waals surface area contributed by atoms with Crippen molar-refractivity contribution in [2.45, 2.75) is 36.2 Å². The van der Waals surface area contributed by atoms with E-state index in [9.17, 15) is 18.0 Å². The second kappa shape index (κ2) is 12.8. The van der Waals surface area contributed by atoms with Crippen molar-refractivity contribution in [3.63, 3.8) is 0 Å². The average molecular weight is 722 g/mol. The molecule has 193 valence electrons. The van der Waals surface area contributed by atoms with Gasteiger partial charge in [0.05, 0.1) is 0 Å². The summed E-state index contributed by atoms with van der Waals surface area (Å²) >= 11 is 2.51. The third-order valence-electron chi connectivity index (χ3n) is 5.72. The first-order valence-corrected chi connectivity index (χ1v) is 14.7. The predicted octanol–water partition coefficient (Wildman–Crippen LogP) is 4.71. The average Bonchev–Trinajstić information content (AvgIpc) is 3.51. The minimum atomic E-state index is -4.43. The summed E-state index contributed by atoms with van der Waals surface area (Å²) < 4.78 is 40.1. The van der Waals surface area contributed by atoms with Crippen LogP contribution >= 0.6 is 11.3 Å². The van der Waals surface area contributed by atoms with Crippen molar-refractivity contribution in [1.82, 2.24) is 19.6 Å². The van der Waals surface area contributed by atoms with Crippen LogP contribution in [0, 0.1) is 11.3 Å². The number of fused-ring (bicyclic) bond motifs is 1. The Bertz CT molecular complexity index is 1280. The fourth-order valence-electron chi connectivity index (χ4n) is 3.64. The molecule has 1 aromatic carbocycles. The Balaban J connectivity index is 0.000000208. The summed E-state index contributed by atoms with van der Waals surface area (Å²) in [6.45, 7) is 3.54. The topological polar surface area (TPSA) is 65.2 Å². The van der Waals surface area contributed by atoms with Crippen LogP contribution in [0.25, 0.3) is 11.1 Å². The molecule has 0 saturated heterocycles. The van der Waals surface area contributed by atoms with Crippen molar-refractivity contribution in [3.05, 3.63) is 75.8 Å². The number of aryl methyl sites for hydroxylation is 1. The molecule has 1 atom stereocenters. The van der Waals surface area contributed by atoms with Crippen molar-refractivity contribution in [2.24, 2.45) is 0 Å². The van der Waals surface area contributed by atoms with E-state index in [1.165, 1.54) is 27.8 Å². The first-order valence-electron chi connectivity index (χ1n) is 11.6. The van der Waals surface area contributed by atoms with Crippen molar-refractivity contribution >= 4 is 43.0 Å². The van der Waals surface area contributed by atoms with Gasteiger partial charge in [0.1, 0.15) is 0 Å². The van der Waals surface area contributed by atoms with Crippen molar-refractivity contribution in [1.29, 1.82) is 5.26 Å². The van der Waals surface area contributed by atoms with E-state index in [1.54, 1.807) is 43.3 Å². The molecule has 3 heterocycles. The fraction of sp³-hybridized carbons (Fsp3) is 0.346. The first kappa shape index (κ1) is 29.1. The Morgan fingerprint density at radius 1 is 1.32 bits per heavy atom. The molecule has 1 amide bonds. The van der Waals surface area contributed by atoms with Gasteiger partial charge in [0.15, 0.2) is 5.69 Å². The third kappa shape index (κ3) is 7.75. The number of amides is 1. The standard InChI is InChI=1S/C14H16N3OS.C12H11F3N2.Pb/c1-16(2)6-3-4-14(18)17-7-5-11-8-12(9-15)19-13(11)10-17;1-2-17-8-10(9-6-4-3-5-7-9)11(16-17)12(13,14)15;/h3-4,6,8H,5,7,10H2,1-2H3;3-8H,2H2,1H3;/b4-3+;;. The summed E-state index contributed by atoms with van der Waals surface area (Å²) in [6, 6.07) is 12.6. The van der Waals surface area contributed by atoms with Gasteiger partial charge in [-0.1, -0.05) is 30.3 Å². The van der Waals surface area contributed by atoms with Gasteiger partial charge < -0.3 is 0 Å². The Labute approximate surface area is 234 Å². The molecule has 4 rings (SSSR count). The van der Waals surface area contributed by atoms with Gasteiger partial charge in [-0.25, -0.2) is 0 Å². The van der Waals surface area contributed by atoms with E-state index in [-0.39, 0.29) is 11.5 Å². The van der Waals surface area contributed by atoms with E-state index in [1.807, 2.05) is 31.1 Å². The number of nitriles is 1. The maximum absolute atomic E-state index is 12.8. The van der Waals surface area contributed by atoms with Gasteiger partial charge in [-0.15, -0.1) is 0 Å². The monoisotopic (exact) mass is 722 g/mol. The minimum absolute atomic E-state index is 0.0743. The summed E-state index contributed by atoms with van der Waals surface area (Å²) in [5.41, 5.74) is 1.05. The number of benzene rings is 1. The van der Waals surface area contributed by atoms with Crippen molar-refractivity contribution in [3.8, 4) is 17.2 Å². The second-order valence-electron chi connectivity index (χ2n) is 8.56. The maximum atomic E-state index is 12.8. The Kier molecular flexibility index (Phi) is 10.1. The van der Waals surface area contributed by atoms with Crippen LogP contribution in [0.2, 0.25) is 0 Å². The number of hydrogen-bond acceptors (Lipinski definition) is 5. The van der Waals surface area contributed by atoms with Gasteiger partial charge in [-0.3, -0.25) is 4.68 Å². The van der Waals surface area contributed by atoms with Crippen LogP contribution in [0.4, 0.5) is 13.2 Å². The molecule has 2 aromatic heterocycles. The van der Waals surface area contributed by atoms with Crippen LogP contribution in [0.15, 0.2) is 54.7 Å². The summed E-state index contributed by atoms with van der Waals surface area (Å²) in [7, 11) is 4.05. The number of rotatable bonds is 5. The van der Waals surface area contributed by atoms with Gasteiger partial charge >= 0.3 is 146 Å². The van der Waals surface area contributed by atoms with E-state index in [0.717, 1.165) is 48.5 Å². The van der Waals surface area contributed by atoms with E-state index < -0.39 is 11.9 Å². The Morgan fingerprint density at radius 2 is 2.03 bits per heavy atom. The second-order valence-corrected chi connectivity index (χ2v) is 12.0. The fourth-order valence-corrected chi connectivity index (χ4v) is 5.03. The molecule has 1 aliphatic heterocycles. The summed E-state index contributed by atoms with van der Waals surface area (Å²) in [5.74, 6) is 0.0743. The molecule has 0 fully saturated rings. The molecule has 0 saturated carbocycles. The van der Waals surface area contributed by atoms with E-state index in [2.05, 4.69) is 16.1 Å². The van der Waals surface area contributed by atoms with E-state index in [4.69, 9.17) is 5.26 Å².